The minimum Gasteiger partial charge on any atom is -0.470 e. The summed E-state index contributed by atoms with van der Waals surface area (Å²) >= 11 is 0. The van der Waals surface area contributed by atoms with Crippen molar-refractivity contribution in [2.45, 2.75) is 38.9 Å². The molecule has 7 heteroatoms. The second-order valence-electron chi connectivity index (χ2n) is 6.80. The van der Waals surface area contributed by atoms with E-state index in [1.54, 1.807) is 12.5 Å². The number of nitrogens with zero attached hydrogens (tertiary/aromatic N) is 3. The molecule has 0 bridgehead atoms. The van der Waals surface area contributed by atoms with Crippen LogP contribution in [0.1, 0.15) is 27.7 Å². The van der Waals surface area contributed by atoms with Crippen molar-refractivity contribution in [1.82, 2.24) is 9.55 Å². The zero-order valence-corrected chi connectivity index (χ0v) is 14.0. The van der Waals surface area contributed by atoms with Crippen LogP contribution in [0.3, 0.4) is 0 Å². The Labute approximate surface area is 131 Å². The molecule has 1 saturated heterocycles. The molecule has 3 rings (SSSR count). The van der Waals surface area contributed by atoms with Crippen LogP contribution in [0.5, 0.6) is 0 Å². The number of aromatic nitrogens is 2. The highest BCUT2D eigenvalue weighted by Crippen LogP contribution is 2.36. The Morgan fingerprint density at radius 1 is 1.14 bits per heavy atom. The summed E-state index contributed by atoms with van der Waals surface area (Å²) in [6.45, 7) is 8.14. The van der Waals surface area contributed by atoms with Crippen molar-refractivity contribution in [3.05, 3.63) is 24.8 Å². The number of anilines is 1. The van der Waals surface area contributed by atoms with Gasteiger partial charge in [0.2, 0.25) is 5.95 Å². The van der Waals surface area contributed by atoms with Crippen LogP contribution in [-0.2, 0) is 9.31 Å². The van der Waals surface area contributed by atoms with E-state index in [1.165, 1.54) is 0 Å². The molecular weight excluding hydrogens is 281 g/mol. The highest BCUT2D eigenvalue weighted by Gasteiger charge is 2.52. The lowest BCUT2D eigenvalue weighted by Crippen LogP contribution is -2.41. The van der Waals surface area contributed by atoms with E-state index in [2.05, 4.69) is 4.98 Å². The molecular formula is C15H22BN3O3. The van der Waals surface area contributed by atoms with E-state index in [0.717, 1.165) is 17.2 Å². The Morgan fingerprint density at radius 3 is 2.27 bits per heavy atom. The van der Waals surface area contributed by atoms with Crippen molar-refractivity contribution < 1.29 is 13.7 Å². The van der Waals surface area contributed by atoms with Crippen molar-refractivity contribution in [2.75, 3.05) is 19.0 Å². The van der Waals surface area contributed by atoms with Gasteiger partial charge in [-0.05, 0) is 27.7 Å². The van der Waals surface area contributed by atoms with E-state index in [4.69, 9.17) is 13.7 Å². The fourth-order valence-corrected chi connectivity index (χ4v) is 2.37. The van der Waals surface area contributed by atoms with Gasteiger partial charge in [0.1, 0.15) is 6.26 Å². The molecule has 0 saturated carbocycles. The van der Waals surface area contributed by atoms with Crippen molar-refractivity contribution in [3.63, 3.8) is 0 Å². The van der Waals surface area contributed by atoms with Gasteiger partial charge >= 0.3 is 7.12 Å². The maximum atomic E-state index is 6.08. The van der Waals surface area contributed by atoms with Crippen LogP contribution in [0.15, 0.2) is 29.2 Å². The summed E-state index contributed by atoms with van der Waals surface area (Å²) in [5, 5.41) is 0. The summed E-state index contributed by atoms with van der Waals surface area (Å²) in [6, 6.07) is 1.89. The predicted octanol–water partition coefficient (Wildman–Crippen LogP) is 1.83. The van der Waals surface area contributed by atoms with E-state index < -0.39 is 7.12 Å². The number of hydrogen-bond acceptors (Lipinski definition) is 5. The first kappa shape index (κ1) is 15.2. The van der Waals surface area contributed by atoms with Crippen molar-refractivity contribution >= 4 is 18.7 Å². The third kappa shape index (κ3) is 2.34. The van der Waals surface area contributed by atoms with Gasteiger partial charge < -0.3 is 18.6 Å². The highest BCUT2D eigenvalue weighted by atomic mass is 16.7. The summed E-state index contributed by atoms with van der Waals surface area (Å²) < 4.78 is 19.3. The number of furan rings is 1. The summed E-state index contributed by atoms with van der Waals surface area (Å²) in [5.74, 6) is 0.797. The van der Waals surface area contributed by atoms with Crippen molar-refractivity contribution in [2.24, 2.45) is 0 Å². The molecule has 0 aromatic carbocycles. The average Bonchev–Trinajstić information content (AvgIpc) is 3.09. The Morgan fingerprint density at radius 2 is 1.77 bits per heavy atom. The van der Waals surface area contributed by atoms with E-state index in [0.29, 0.717) is 0 Å². The molecule has 1 aliphatic rings. The first-order chi connectivity index (χ1) is 10.2. The predicted molar refractivity (Wildman–Crippen MR) is 85.9 cm³/mol. The second-order valence-corrected chi connectivity index (χ2v) is 6.80. The average molecular weight is 303 g/mol. The normalized spacial score (nSPS) is 19.6. The van der Waals surface area contributed by atoms with Gasteiger partial charge in [0.15, 0.2) is 0 Å². The third-order valence-corrected chi connectivity index (χ3v) is 4.39. The lowest BCUT2D eigenvalue weighted by atomic mass is 9.86. The van der Waals surface area contributed by atoms with Gasteiger partial charge in [-0.2, -0.15) is 0 Å². The first-order valence-corrected chi connectivity index (χ1v) is 7.36. The molecule has 1 aliphatic heterocycles. The van der Waals surface area contributed by atoms with E-state index in [-0.39, 0.29) is 11.2 Å². The van der Waals surface area contributed by atoms with E-state index >= 15 is 0 Å². The Hall–Kier alpha value is -1.73. The van der Waals surface area contributed by atoms with Crippen LogP contribution < -0.4 is 10.5 Å². The summed E-state index contributed by atoms with van der Waals surface area (Å²) in [7, 11) is 3.43. The maximum Gasteiger partial charge on any atom is 0.516 e. The Balaban J connectivity index is 1.98. The molecule has 3 heterocycles. The molecule has 0 aliphatic carbocycles. The SMILES string of the molecule is CN(C)c1nc(B2OC(C)(C)C(C)(C)O2)cn1-c1ccoc1. The maximum absolute atomic E-state index is 6.08. The molecule has 0 amide bonds. The lowest BCUT2D eigenvalue weighted by molar-refractivity contribution is 0.00578. The monoisotopic (exact) mass is 303 g/mol. The molecule has 118 valence electrons. The standard InChI is InChI=1S/C15H22BN3O3/c1-14(2)15(3,4)22-16(21-14)12-9-19(11-7-8-20-10-11)13(17-12)18(5)6/h7-10H,1-6H3. The number of hydrogen-bond donors (Lipinski definition) is 0. The van der Waals surface area contributed by atoms with Gasteiger partial charge in [-0.25, -0.2) is 4.98 Å². The van der Waals surface area contributed by atoms with Gasteiger partial charge in [-0.15, -0.1) is 0 Å². The van der Waals surface area contributed by atoms with Crippen LogP contribution in [-0.4, -0.2) is 42.0 Å². The highest BCUT2D eigenvalue weighted by molar-refractivity contribution is 6.61. The van der Waals surface area contributed by atoms with E-state index in [1.807, 2.05) is 63.5 Å². The lowest BCUT2D eigenvalue weighted by Gasteiger charge is -2.32. The molecule has 0 atom stereocenters. The van der Waals surface area contributed by atoms with Crippen LogP contribution in [0.4, 0.5) is 5.95 Å². The van der Waals surface area contributed by atoms with Gasteiger partial charge in [-0.1, -0.05) is 0 Å². The van der Waals surface area contributed by atoms with Gasteiger partial charge in [-0.3, -0.25) is 4.57 Å². The number of rotatable bonds is 3. The molecule has 0 spiro atoms. The topological polar surface area (TPSA) is 52.7 Å². The van der Waals surface area contributed by atoms with Gasteiger partial charge in [0.25, 0.3) is 0 Å². The van der Waals surface area contributed by atoms with Crippen molar-refractivity contribution in [1.29, 1.82) is 0 Å². The molecule has 6 nitrogen and oxygen atoms in total. The third-order valence-electron chi connectivity index (χ3n) is 4.39. The first-order valence-electron chi connectivity index (χ1n) is 7.36. The summed E-state index contributed by atoms with van der Waals surface area (Å²) in [6.07, 6.45) is 5.26. The summed E-state index contributed by atoms with van der Waals surface area (Å²) in [4.78, 5) is 6.62. The minimum atomic E-state index is -0.475. The molecule has 0 N–H and O–H groups in total. The summed E-state index contributed by atoms with van der Waals surface area (Å²) in [5.41, 5.74) is 0.910. The molecule has 2 aromatic rings. The largest absolute Gasteiger partial charge is 0.516 e. The van der Waals surface area contributed by atoms with Crippen LogP contribution >= 0.6 is 0 Å². The minimum absolute atomic E-state index is 0.380. The van der Waals surface area contributed by atoms with E-state index in [9.17, 15) is 0 Å². The second kappa shape index (κ2) is 4.89. The van der Waals surface area contributed by atoms with Gasteiger partial charge in [0.05, 0.1) is 28.7 Å². The van der Waals surface area contributed by atoms with Crippen LogP contribution in [0, 0.1) is 0 Å². The molecule has 1 fully saturated rings. The Bertz CT molecular complexity index is 646. The zero-order chi connectivity index (χ0) is 16.1. The molecule has 0 radical (unpaired) electrons. The molecule has 22 heavy (non-hydrogen) atoms. The Kier molecular flexibility index (Phi) is 3.38. The van der Waals surface area contributed by atoms with Gasteiger partial charge in [0, 0.05) is 26.4 Å². The number of imidazole rings is 1. The molecule has 0 unspecified atom stereocenters. The fraction of sp³-hybridized carbons (Fsp3) is 0.533. The zero-order valence-electron chi connectivity index (χ0n) is 14.0. The van der Waals surface area contributed by atoms with Crippen LogP contribution in [0.25, 0.3) is 5.69 Å². The van der Waals surface area contributed by atoms with Crippen molar-refractivity contribution in [3.8, 4) is 5.69 Å². The smallest absolute Gasteiger partial charge is 0.470 e. The quantitative estimate of drug-likeness (QED) is 0.810. The molecule has 2 aromatic heterocycles. The fourth-order valence-electron chi connectivity index (χ4n) is 2.37. The van der Waals surface area contributed by atoms with Crippen LogP contribution in [0.2, 0.25) is 0 Å².